The molecule has 178 valence electrons. The highest BCUT2D eigenvalue weighted by atomic mass is 32.2. The average molecular weight is 485 g/mol. The van der Waals surface area contributed by atoms with Crippen LogP contribution >= 0.6 is 0 Å². The Labute approximate surface area is 197 Å². The summed E-state index contributed by atoms with van der Waals surface area (Å²) in [6, 6.07) is 13.9. The van der Waals surface area contributed by atoms with Gasteiger partial charge >= 0.3 is 0 Å². The van der Waals surface area contributed by atoms with Gasteiger partial charge in [0.15, 0.2) is 11.5 Å². The Balaban J connectivity index is 1.84. The van der Waals surface area contributed by atoms with Gasteiger partial charge in [-0.15, -0.1) is 0 Å². The lowest BCUT2D eigenvalue weighted by molar-refractivity contribution is -0.384. The molecule has 0 unspecified atom stereocenters. The molecule has 0 saturated heterocycles. The van der Waals surface area contributed by atoms with Crippen LogP contribution in [0.5, 0.6) is 11.5 Å². The molecule has 2 N–H and O–H groups in total. The van der Waals surface area contributed by atoms with Gasteiger partial charge in [-0.05, 0) is 61.4 Å². The lowest BCUT2D eigenvalue weighted by Gasteiger charge is -2.12. The summed E-state index contributed by atoms with van der Waals surface area (Å²) in [7, 11) is -1.02. The first-order chi connectivity index (χ1) is 16.1. The SMILES string of the molecule is COc1ccc(/C=N/Nc2ccc(S(=O)(=O)Nc3ccc(C)cc3C)cc2[N+](=O)[O-])cc1OC. The maximum atomic E-state index is 12.8. The van der Waals surface area contributed by atoms with E-state index >= 15 is 0 Å². The fraction of sp³-hybridized carbons (Fsp3) is 0.174. The fourth-order valence-corrected chi connectivity index (χ4v) is 4.32. The van der Waals surface area contributed by atoms with Crippen LogP contribution in [0.1, 0.15) is 16.7 Å². The molecule has 11 heteroatoms. The second-order valence-corrected chi connectivity index (χ2v) is 9.03. The van der Waals surface area contributed by atoms with Crippen LogP contribution < -0.4 is 19.6 Å². The van der Waals surface area contributed by atoms with Gasteiger partial charge in [0.25, 0.3) is 15.7 Å². The number of nitro benzene ring substituents is 1. The molecule has 3 rings (SSSR count). The summed E-state index contributed by atoms with van der Waals surface area (Å²) >= 11 is 0. The number of sulfonamides is 1. The smallest absolute Gasteiger partial charge is 0.295 e. The van der Waals surface area contributed by atoms with Crippen molar-refractivity contribution in [1.29, 1.82) is 0 Å². The highest BCUT2D eigenvalue weighted by molar-refractivity contribution is 7.92. The van der Waals surface area contributed by atoms with Crippen LogP contribution in [0, 0.1) is 24.0 Å². The number of hydrogen-bond acceptors (Lipinski definition) is 8. The maximum Gasteiger partial charge on any atom is 0.295 e. The Bertz CT molecular complexity index is 1360. The van der Waals surface area contributed by atoms with Crippen LogP contribution in [0.25, 0.3) is 0 Å². The molecule has 0 radical (unpaired) electrons. The first-order valence-corrected chi connectivity index (χ1v) is 11.5. The number of aryl methyl sites for hydroxylation is 2. The molecule has 3 aromatic rings. The third-order valence-electron chi connectivity index (χ3n) is 4.91. The zero-order chi connectivity index (χ0) is 24.9. The minimum atomic E-state index is -4.05. The highest BCUT2D eigenvalue weighted by Gasteiger charge is 2.22. The van der Waals surface area contributed by atoms with Gasteiger partial charge in [0.05, 0.1) is 35.9 Å². The number of hydrogen-bond donors (Lipinski definition) is 2. The van der Waals surface area contributed by atoms with Crippen molar-refractivity contribution in [1.82, 2.24) is 0 Å². The third kappa shape index (κ3) is 5.62. The van der Waals surface area contributed by atoms with E-state index in [4.69, 9.17) is 9.47 Å². The lowest BCUT2D eigenvalue weighted by Crippen LogP contribution is -2.14. The maximum absolute atomic E-state index is 12.8. The van der Waals surface area contributed by atoms with E-state index in [0.717, 1.165) is 17.2 Å². The van der Waals surface area contributed by atoms with E-state index in [9.17, 15) is 18.5 Å². The summed E-state index contributed by atoms with van der Waals surface area (Å²) in [6.45, 7) is 3.67. The van der Waals surface area contributed by atoms with Crippen LogP contribution in [0.2, 0.25) is 0 Å². The van der Waals surface area contributed by atoms with Crippen LogP contribution in [0.3, 0.4) is 0 Å². The number of methoxy groups -OCH3 is 2. The summed E-state index contributed by atoms with van der Waals surface area (Å²) in [6.07, 6.45) is 1.44. The van der Waals surface area contributed by atoms with Crippen molar-refractivity contribution in [3.05, 3.63) is 81.4 Å². The molecule has 0 amide bonds. The molecule has 0 aliphatic rings. The number of benzene rings is 3. The average Bonchev–Trinajstić information content (AvgIpc) is 2.80. The Morgan fingerprint density at radius 2 is 1.65 bits per heavy atom. The topological polar surface area (TPSA) is 132 Å². The Morgan fingerprint density at radius 1 is 0.941 bits per heavy atom. The molecule has 0 heterocycles. The first-order valence-electron chi connectivity index (χ1n) is 10.0. The van der Waals surface area contributed by atoms with Gasteiger partial charge in [0.2, 0.25) is 0 Å². The molecule has 0 aromatic heterocycles. The molecule has 34 heavy (non-hydrogen) atoms. The fourth-order valence-electron chi connectivity index (χ4n) is 3.17. The number of anilines is 2. The van der Waals surface area contributed by atoms with Gasteiger partial charge in [0, 0.05) is 6.07 Å². The predicted octanol–water partition coefficient (Wildman–Crippen LogP) is 4.48. The first kappa shape index (κ1) is 24.5. The van der Waals surface area contributed by atoms with Crippen molar-refractivity contribution in [2.24, 2.45) is 5.10 Å². The number of nitrogens with zero attached hydrogens (tertiary/aromatic N) is 2. The lowest BCUT2D eigenvalue weighted by atomic mass is 10.1. The van der Waals surface area contributed by atoms with E-state index in [1.165, 1.54) is 32.6 Å². The van der Waals surface area contributed by atoms with Gasteiger partial charge in [-0.25, -0.2) is 8.42 Å². The zero-order valence-corrected chi connectivity index (χ0v) is 19.8. The molecule has 10 nitrogen and oxygen atoms in total. The van der Waals surface area contributed by atoms with Crippen molar-refractivity contribution in [2.45, 2.75) is 18.7 Å². The van der Waals surface area contributed by atoms with E-state index < -0.39 is 20.6 Å². The van der Waals surface area contributed by atoms with E-state index in [0.29, 0.717) is 22.7 Å². The minimum Gasteiger partial charge on any atom is -0.493 e. The quantitative estimate of drug-likeness (QED) is 0.260. The predicted molar refractivity (Wildman–Crippen MR) is 131 cm³/mol. The van der Waals surface area contributed by atoms with Crippen LogP contribution in [-0.2, 0) is 10.0 Å². The molecular formula is C23H24N4O6S. The Kier molecular flexibility index (Phi) is 7.37. The van der Waals surface area contributed by atoms with E-state index in [2.05, 4.69) is 15.2 Å². The molecule has 0 fully saturated rings. The van der Waals surface area contributed by atoms with E-state index in [-0.39, 0.29) is 10.6 Å². The highest BCUT2D eigenvalue weighted by Crippen LogP contribution is 2.30. The van der Waals surface area contributed by atoms with Gasteiger partial charge in [-0.3, -0.25) is 20.3 Å². The number of hydrazone groups is 1. The summed E-state index contributed by atoms with van der Waals surface area (Å²) in [4.78, 5) is 10.7. The summed E-state index contributed by atoms with van der Waals surface area (Å²) < 4.78 is 38.6. The minimum absolute atomic E-state index is 0.0344. The second-order valence-electron chi connectivity index (χ2n) is 7.34. The number of nitrogens with one attached hydrogen (secondary N) is 2. The van der Waals surface area contributed by atoms with E-state index in [1.54, 1.807) is 37.3 Å². The summed E-state index contributed by atoms with van der Waals surface area (Å²) in [5.74, 6) is 1.05. The largest absolute Gasteiger partial charge is 0.493 e. The third-order valence-corrected chi connectivity index (χ3v) is 6.27. The molecule has 3 aromatic carbocycles. The second kappa shape index (κ2) is 10.2. The van der Waals surface area contributed by atoms with Gasteiger partial charge in [0.1, 0.15) is 5.69 Å². The molecule has 0 bridgehead atoms. The standard InChI is InChI=1S/C23H24N4O6S/c1-15-5-8-19(16(2)11-15)26-34(30,31)18-7-9-20(21(13-18)27(28)29)25-24-14-17-6-10-22(32-3)23(12-17)33-4/h5-14,25-26H,1-4H3/b24-14+. The summed E-state index contributed by atoms with van der Waals surface area (Å²) in [5.41, 5.74) is 4.97. The summed E-state index contributed by atoms with van der Waals surface area (Å²) in [5, 5.41) is 15.6. The van der Waals surface area contributed by atoms with Gasteiger partial charge in [-0.2, -0.15) is 5.10 Å². The van der Waals surface area contributed by atoms with Crippen molar-refractivity contribution < 1.29 is 22.8 Å². The van der Waals surface area contributed by atoms with Crippen LogP contribution in [0.15, 0.2) is 64.6 Å². The normalized spacial score (nSPS) is 11.3. The van der Waals surface area contributed by atoms with E-state index in [1.807, 2.05) is 13.0 Å². The molecule has 0 aliphatic heterocycles. The van der Waals surface area contributed by atoms with Gasteiger partial charge < -0.3 is 9.47 Å². The number of nitro groups is 1. The van der Waals surface area contributed by atoms with Crippen molar-refractivity contribution in [3.8, 4) is 11.5 Å². The molecule has 0 saturated carbocycles. The van der Waals surface area contributed by atoms with Crippen LogP contribution in [0.4, 0.5) is 17.1 Å². The Morgan fingerprint density at radius 3 is 2.29 bits per heavy atom. The molecule has 0 spiro atoms. The van der Waals surface area contributed by atoms with Crippen molar-refractivity contribution in [3.63, 3.8) is 0 Å². The van der Waals surface area contributed by atoms with Crippen LogP contribution in [-0.4, -0.2) is 33.8 Å². The van der Waals surface area contributed by atoms with Gasteiger partial charge in [-0.1, -0.05) is 17.7 Å². The van der Waals surface area contributed by atoms with Crippen molar-refractivity contribution >= 4 is 33.3 Å². The Hall–Kier alpha value is -4.12. The zero-order valence-electron chi connectivity index (χ0n) is 19.0. The molecule has 0 aliphatic carbocycles. The number of ether oxygens (including phenoxy) is 2. The molecule has 0 atom stereocenters. The monoisotopic (exact) mass is 484 g/mol. The molecular weight excluding hydrogens is 460 g/mol. The van der Waals surface area contributed by atoms with Crippen molar-refractivity contribution in [2.75, 3.05) is 24.4 Å². The number of rotatable bonds is 9.